The SMILES string of the molecule is Cc1ccc(S(=O)(=O)Nc2c(OCc3ccccc3)cc(O[Si](C(C)C)(C(C)C)C(C)C)c3c2C(C)C=CC3)cc1. The van der Waals surface area contributed by atoms with Gasteiger partial charge in [0.25, 0.3) is 18.3 Å². The lowest BCUT2D eigenvalue weighted by Crippen LogP contribution is -2.51. The highest BCUT2D eigenvalue weighted by molar-refractivity contribution is 7.92. The third-order valence-electron chi connectivity index (χ3n) is 8.40. The van der Waals surface area contributed by atoms with Crippen LogP contribution in [0.5, 0.6) is 11.5 Å². The molecule has 0 bridgehead atoms. The Labute approximate surface area is 248 Å². The lowest BCUT2D eigenvalue weighted by molar-refractivity contribution is 0.306. The van der Waals surface area contributed by atoms with E-state index in [1.54, 1.807) is 12.1 Å². The van der Waals surface area contributed by atoms with Gasteiger partial charge < -0.3 is 9.16 Å². The van der Waals surface area contributed by atoms with Gasteiger partial charge in [-0.2, -0.15) is 0 Å². The van der Waals surface area contributed by atoms with E-state index in [2.05, 4.69) is 65.3 Å². The van der Waals surface area contributed by atoms with E-state index in [9.17, 15) is 8.42 Å². The van der Waals surface area contributed by atoms with Gasteiger partial charge in [-0.15, -0.1) is 0 Å². The molecule has 0 radical (unpaired) electrons. The minimum absolute atomic E-state index is 0.0229. The molecule has 0 amide bonds. The number of allylic oxidation sites excluding steroid dienone is 2. The second-order valence-corrected chi connectivity index (χ2v) is 19.2. The normalized spacial score (nSPS) is 15.3. The Hall–Kier alpha value is -3.03. The first-order chi connectivity index (χ1) is 19.4. The maximum Gasteiger partial charge on any atom is 0.262 e. The fourth-order valence-electron chi connectivity index (χ4n) is 6.39. The van der Waals surface area contributed by atoms with Crippen LogP contribution in [-0.4, -0.2) is 16.7 Å². The number of anilines is 1. The smallest absolute Gasteiger partial charge is 0.262 e. The number of nitrogens with one attached hydrogen (secondary N) is 1. The van der Waals surface area contributed by atoms with Crippen LogP contribution in [0.15, 0.2) is 77.7 Å². The molecule has 220 valence electrons. The summed E-state index contributed by atoms with van der Waals surface area (Å²) in [5.41, 5.74) is 5.63. The molecule has 1 N–H and O–H groups in total. The number of hydrogen-bond donors (Lipinski definition) is 1. The first-order valence-electron chi connectivity index (χ1n) is 14.7. The van der Waals surface area contributed by atoms with Gasteiger partial charge in [0.05, 0.1) is 10.6 Å². The molecule has 7 heteroatoms. The fourth-order valence-corrected chi connectivity index (χ4v) is 12.8. The summed E-state index contributed by atoms with van der Waals surface area (Å²) in [6, 6.07) is 18.8. The zero-order valence-electron chi connectivity index (χ0n) is 25.7. The van der Waals surface area contributed by atoms with Crippen molar-refractivity contribution in [3.63, 3.8) is 0 Å². The van der Waals surface area contributed by atoms with Crippen molar-refractivity contribution in [3.8, 4) is 11.5 Å². The molecule has 0 fully saturated rings. The average molecular weight is 592 g/mol. The van der Waals surface area contributed by atoms with E-state index in [0.29, 0.717) is 41.1 Å². The summed E-state index contributed by atoms with van der Waals surface area (Å²) in [5, 5.41) is 0. The quantitative estimate of drug-likeness (QED) is 0.178. The lowest BCUT2D eigenvalue weighted by Gasteiger charge is -2.43. The van der Waals surface area contributed by atoms with Crippen molar-refractivity contribution in [2.75, 3.05) is 4.72 Å². The molecule has 3 aromatic carbocycles. The van der Waals surface area contributed by atoms with E-state index >= 15 is 0 Å². The molecule has 3 aromatic rings. The van der Waals surface area contributed by atoms with Crippen molar-refractivity contribution in [1.82, 2.24) is 0 Å². The molecular weight excluding hydrogens is 547 g/mol. The van der Waals surface area contributed by atoms with Crippen molar-refractivity contribution in [1.29, 1.82) is 0 Å². The molecule has 0 heterocycles. The summed E-state index contributed by atoms with van der Waals surface area (Å²) in [4.78, 5) is 0.219. The highest BCUT2D eigenvalue weighted by atomic mass is 32.2. The number of hydrogen-bond acceptors (Lipinski definition) is 4. The van der Waals surface area contributed by atoms with Crippen molar-refractivity contribution < 1.29 is 17.6 Å². The summed E-state index contributed by atoms with van der Waals surface area (Å²) in [6.07, 6.45) is 4.97. The van der Waals surface area contributed by atoms with Crippen LogP contribution in [0.25, 0.3) is 0 Å². The molecule has 1 unspecified atom stereocenters. The molecule has 4 rings (SSSR count). The molecule has 1 aliphatic rings. The zero-order chi connectivity index (χ0) is 29.9. The first kappa shape index (κ1) is 30.9. The number of fused-ring (bicyclic) bond motifs is 1. The maximum atomic E-state index is 13.7. The van der Waals surface area contributed by atoms with E-state index in [0.717, 1.165) is 28.0 Å². The molecule has 1 atom stereocenters. The number of rotatable bonds is 11. The Kier molecular flexibility index (Phi) is 9.39. The van der Waals surface area contributed by atoms with E-state index in [-0.39, 0.29) is 10.8 Å². The van der Waals surface area contributed by atoms with Crippen LogP contribution >= 0.6 is 0 Å². The molecule has 0 aliphatic heterocycles. The highest BCUT2D eigenvalue weighted by Crippen LogP contribution is 2.49. The standard InChI is InChI=1S/C34H45NO4SSi/c1-23(2)41(24(3)4,25(5)6)39-31-21-32(38-22-28-14-10-9-11-15-28)34(33-27(8)13-12-16-30(31)33)35-40(36,37)29-19-17-26(7)18-20-29/h9-15,17-21,23-25,27,35H,16,22H2,1-8H3. The Morgan fingerprint density at radius 2 is 1.51 bits per heavy atom. The van der Waals surface area contributed by atoms with Gasteiger partial charge in [-0.3, -0.25) is 4.72 Å². The Balaban J connectivity index is 1.91. The number of ether oxygens (including phenoxy) is 1. The van der Waals surface area contributed by atoms with Crippen LogP contribution in [-0.2, 0) is 23.1 Å². The molecule has 1 aliphatic carbocycles. The number of aryl methyl sites for hydroxylation is 1. The van der Waals surface area contributed by atoms with E-state index in [1.165, 1.54) is 0 Å². The molecule has 0 saturated carbocycles. The Bertz CT molecular complexity index is 1460. The Morgan fingerprint density at radius 3 is 2.10 bits per heavy atom. The third kappa shape index (κ3) is 6.41. The third-order valence-corrected chi connectivity index (χ3v) is 15.8. The van der Waals surface area contributed by atoms with Gasteiger partial charge in [0.15, 0.2) is 0 Å². The summed E-state index contributed by atoms with van der Waals surface area (Å²) in [5.74, 6) is 1.28. The summed E-state index contributed by atoms with van der Waals surface area (Å²) in [7, 11) is -6.17. The Morgan fingerprint density at radius 1 is 0.902 bits per heavy atom. The molecular formula is C34H45NO4SSi. The zero-order valence-corrected chi connectivity index (χ0v) is 27.5. The van der Waals surface area contributed by atoms with E-state index in [4.69, 9.17) is 9.16 Å². The van der Waals surface area contributed by atoms with Crippen LogP contribution in [0, 0.1) is 6.92 Å². The molecule has 41 heavy (non-hydrogen) atoms. The maximum absolute atomic E-state index is 13.7. The molecule has 0 spiro atoms. The largest absolute Gasteiger partial charge is 0.542 e. The van der Waals surface area contributed by atoms with Gasteiger partial charge in [-0.1, -0.05) is 109 Å². The predicted octanol–water partition coefficient (Wildman–Crippen LogP) is 9.14. The predicted molar refractivity (Wildman–Crippen MR) is 172 cm³/mol. The van der Waals surface area contributed by atoms with Crippen LogP contribution in [0.3, 0.4) is 0 Å². The molecule has 5 nitrogen and oxygen atoms in total. The summed E-state index contributed by atoms with van der Waals surface area (Å²) in [6.45, 7) is 18.0. The first-order valence-corrected chi connectivity index (χ1v) is 18.3. The number of benzene rings is 3. The highest BCUT2D eigenvalue weighted by Gasteiger charge is 2.47. The lowest BCUT2D eigenvalue weighted by atomic mass is 9.87. The van der Waals surface area contributed by atoms with Gasteiger partial charge in [0.2, 0.25) is 0 Å². The van der Waals surface area contributed by atoms with Gasteiger partial charge >= 0.3 is 0 Å². The minimum atomic E-state index is -3.87. The van der Waals surface area contributed by atoms with Crippen LogP contribution in [0.1, 0.15) is 76.6 Å². The van der Waals surface area contributed by atoms with Gasteiger partial charge in [-0.05, 0) is 53.2 Å². The summed E-state index contributed by atoms with van der Waals surface area (Å²) < 4.78 is 44.1. The van der Waals surface area contributed by atoms with Crippen LogP contribution < -0.4 is 13.9 Å². The second-order valence-electron chi connectivity index (χ2n) is 12.2. The monoisotopic (exact) mass is 591 g/mol. The minimum Gasteiger partial charge on any atom is -0.542 e. The van der Waals surface area contributed by atoms with Gasteiger partial charge in [0, 0.05) is 17.5 Å². The fraction of sp³-hybridized carbons (Fsp3) is 0.412. The van der Waals surface area contributed by atoms with Gasteiger partial charge in [0.1, 0.15) is 18.1 Å². The average Bonchev–Trinajstić information content (AvgIpc) is 2.92. The summed E-state index contributed by atoms with van der Waals surface area (Å²) >= 11 is 0. The van der Waals surface area contributed by atoms with Crippen LogP contribution in [0.2, 0.25) is 16.6 Å². The van der Waals surface area contributed by atoms with Crippen molar-refractivity contribution in [2.24, 2.45) is 0 Å². The van der Waals surface area contributed by atoms with Crippen LogP contribution in [0.4, 0.5) is 5.69 Å². The van der Waals surface area contributed by atoms with Crippen molar-refractivity contribution in [3.05, 3.63) is 95.1 Å². The second kappa shape index (κ2) is 12.5. The van der Waals surface area contributed by atoms with E-state index < -0.39 is 18.3 Å². The van der Waals surface area contributed by atoms with Crippen molar-refractivity contribution in [2.45, 2.75) is 95.9 Å². The molecule has 0 aromatic heterocycles. The number of sulfonamides is 1. The van der Waals surface area contributed by atoms with Gasteiger partial charge in [-0.25, -0.2) is 8.42 Å². The molecule has 0 saturated heterocycles. The van der Waals surface area contributed by atoms with E-state index in [1.807, 2.05) is 55.5 Å². The van der Waals surface area contributed by atoms with Crippen molar-refractivity contribution >= 4 is 24.0 Å². The topological polar surface area (TPSA) is 64.6 Å².